The summed E-state index contributed by atoms with van der Waals surface area (Å²) in [5.41, 5.74) is 2.54. The number of carbonyl (C=O) groups is 2. The smallest absolute Gasteiger partial charge is 0.338 e. The zero-order valence-corrected chi connectivity index (χ0v) is 19.4. The first kappa shape index (κ1) is 23.5. The Morgan fingerprint density at radius 3 is 2.53 bits per heavy atom. The number of thioether (sulfide) groups is 1. The van der Waals surface area contributed by atoms with Crippen LogP contribution in [-0.2, 0) is 16.1 Å². The van der Waals surface area contributed by atoms with Crippen molar-refractivity contribution in [2.45, 2.75) is 38.9 Å². The van der Waals surface area contributed by atoms with E-state index < -0.39 is 11.5 Å². The van der Waals surface area contributed by atoms with Crippen LogP contribution in [0.5, 0.6) is 0 Å². The summed E-state index contributed by atoms with van der Waals surface area (Å²) < 4.78 is 4.77. The lowest BCUT2D eigenvalue weighted by atomic mass is 10.1. The Kier molecular flexibility index (Phi) is 7.63. The predicted octanol–water partition coefficient (Wildman–Crippen LogP) is 3.25. The number of ether oxygens (including phenoxy) is 1. The quantitative estimate of drug-likeness (QED) is 0.316. The molecule has 2 heterocycles. The fourth-order valence-corrected chi connectivity index (χ4v) is 4.04. The Labute approximate surface area is 190 Å². The van der Waals surface area contributed by atoms with Gasteiger partial charge in [-0.1, -0.05) is 48.5 Å². The fraction of sp³-hybridized carbons (Fsp3) is 0.348. The minimum absolute atomic E-state index is 0.0485. The maximum Gasteiger partial charge on any atom is 0.338 e. The third-order valence-electron chi connectivity index (χ3n) is 4.86. The Balaban J connectivity index is 1.79. The number of rotatable bonds is 8. The predicted molar refractivity (Wildman–Crippen MR) is 124 cm³/mol. The van der Waals surface area contributed by atoms with E-state index in [0.717, 1.165) is 23.7 Å². The lowest BCUT2D eigenvalue weighted by Crippen LogP contribution is -2.32. The summed E-state index contributed by atoms with van der Waals surface area (Å²) in [5.74, 6) is -0.557. The Bertz CT molecular complexity index is 1190. The summed E-state index contributed by atoms with van der Waals surface area (Å²) in [6.07, 6.45) is 0.840. The molecule has 8 nitrogen and oxygen atoms in total. The van der Waals surface area contributed by atoms with Crippen LogP contribution in [0.3, 0.4) is 0 Å². The zero-order valence-electron chi connectivity index (χ0n) is 18.6. The molecule has 2 aromatic heterocycles. The van der Waals surface area contributed by atoms with E-state index in [9.17, 15) is 14.4 Å². The third kappa shape index (κ3) is 5.53. The molecule has 1 aromatic carbocycles. The summed E-state index contributed by atoms with van der Waals surface area (Å²) in [7, 11) is 1.25. The van der Waals surface area contributed by atoms with Crippen LogP contribution < -0.4 is 5.56 Å². The zero-order chi connectivity index (χ0) is 23.3. The first-order valence-electron chi connectivity index (χ1n) is 10.3. The van der Waals surface area contributed by atoms with Crippen molar-refractivity contribution in [2.24, 2.45) is 0 Å². The average molecular weight is 455 g/mol. The number of carbonyl (C=O) groups excluding carboxylic acids is 2. The molecule has 1 N–H and O–H groups in total. The van der Waals surface area contributed by atoms with E-state index in [1.807, 2.05) is 38.1 Å². The van der Waals surface area contributed by atoms with Crippen LogP contribution in [0.1, 0.15) is 40.5 Å². The van der Waals surface area contributed by atoms with Crippen molar-refractivity contribution in [2.75, 3.05) is 19.4 Å². The van der Waals surface area contributed by atoms with Crippen molar-refractivity contribution < 1.29 is 14.3 Å². The summed E-state index contributed by atoms with van der Waals surface area (Å²) in [6, 6.07) is 9.59. The molecule has 0 fully saturated rings. The second kappa shape index (κ2) is 10.4. The molecule has 0 bridgehead atoms. The molecule has 0 aliphatic rings. The summed E-state index contributed by atoms with van der Waals surface area (Å²) in [5, 5.41) is 0.349. The number of amides is 1. The molecular formula is C23H26N4O4S. The van der Waals surface area contributed by atoms with Gasteiger partial charge in [-0.15, -0.1) is 0 Å². The van der Waals surface area contributed by atoms with Crippen LogP contribution in [-0.4, -0.2) is 51.1 Å². The second-order valence-electron chi connectivity index (χ2n) is 7.46. The molecule has 0 saturated carbocycles. The van der Waals surface area contributed by atoms with Gasteiger partial charge >= 0.3 is 5.97 Å². The van der Waals surface area contributed by atoms with Gasteiger partial charge in [-0.25, -0.2) is 14.8 Å². The highest BCUT2D eigenvalue weighted by Crippen LogP contribution is 2.19. The number of methoxy groups -OCH3 is 1. The molecule has 168 valence electrons. The number of fused-ring (bicyclic) bond motifs is 1. The van der Waals surface area contributed by atoms with Gasteiger partial charge in [-0.3, -0.25) is 9.59 Å². The van der Waals surface area contributed by atoms with Crippen molar-refractivity contribution in [3.05, 3.63) is 63.1 Å². The van der Waals surface area contributed by atoms with Crippen LogP contribution in [0.4, 0.5) is 0 Å². The van der Waals surface area contributed by atoms with Gasteiger partial charge in [0.25, 0.3) is 5.56 Å². The maximum absolute atomic E-state index is 12.9. The molecule has 3 rings (SSSR count). The van der Waals surface area contributed by atoms with E-state index >= 15 is 0 Å². The van der Waals surface area contributed by atoms with Crippen molar-refractivity contribution >= 4 is 34.7 Å². The van der Waals surface area contributed by atoms with Gasteiger partial charge in [0.15, 0.2) is 10.8 Å². The van der Waals surface area contributed by atoms with Crippen molar-refractivity contribution in [3.8, 4) is 0 Å². The SMILES string of the molecule is CCCN(Cc1ccc(C)cc1)C(=O)CSc1nc2nc(C)cc(C(=O)OC)c2c(=O)[nH]1. The molecular weight excluding hydrogens is 428 g/mol. The van der Waals surface area contributed by atoms with E-state index in [1.54, 1.807) is 11.8 Å². The van der Waals surface area contributed by atoms with Crippen LogP contribution >= 0.6 is 11.8 Å². The molecule has 0 aliphatic heterocycles. The van der Waals surface area contributed by atoms with Crippen LogP contribution in [0, 0.1) is 13.8 Å². The highest BCUT2D eigenvalue weighted by molar-refractivity contribution is 7.99. The molecule has 0 saturated heterocycles. The van der Waals surface area contributed by atoms with Crippen LogP contribution in [0.15, 0.2) is 40.3 Å². The largest absolute Gasteiger partial charge is 0.465 e. The van der Waals surface area contributed by atoms with Gasteiger partial charge in [-0.05, 0) is 31.9 Å². The molecule has 0 unspecified atom stereocenters. The number of esters is 1. The van der Waals surface area contributed by atoms with Crippen LogP contribution in [0.25, 0.3) is 11.0 Å². The average Bonchev–Trinajstić information content (AvgIpc) is 2.77. The number of hydrogen-bond acceptors (Lipinski definition) is 7. The molecule has 0 aliphatic carbocycles. The van der Waals surface area contributed by atoms with Crippen molar-refractivity contribution in [1.29, 1.82) is 0 Å². The Morgan fingerprint density at radius 2 is 1.88 bits per heavy atom. The number of nitrogens with one attached hydrogen (secondary N) is 1. The van der Waals surface area contributed by atoms with Gasteiger partial charge in [0.2, 0.25) is 5.91 Å². The lowest BCUT2D eigenvalue weighted by Gasteiger charge is -2.22. The molecule has 0 atom stereocenters. The van der Waals surface area contributed by atoms with Crippen molar-refractivity contribution in [1.82, 2.24) is 19.9 Å². The minimum atomic E-state index is -0.630. The van der Waals surface area contributed by atoms with Gasteiger partial charge < -0.3 is 14.6 Å². The number of hydrogen-bond donors (Lipinski definition) is 1. The maximum atomic E-state index is 12.9. The minimum Gasteiger partial charge on any atom is -0.465 e. The number of benzene rings is 1. The first-order valence-corrected chi connectivity index (χ1v) is 11.3. The topological polar surface area (TPSA) is 105 Å². The van der Waals surface area contributed by atoms with E-state index in [2.05, 4.69) is 15.0 Å². The third-order valence-corrected chi connectivity index (χ3v) is 5.72. The van der Waals surface area contributed by atoms with Gasteiger partial charge in [0.05, 0.1) is 23.8 Å². The molecule has 1 amide bonds. The molecule has 0 radical (unpaired) electrons. The highest BCUT2D eigenvalue weighted by Gasteiger charge is 2.19. The van der Waals surface area contributed by atoms with E-state index in [4.69, 9.17) is 4.74 Å². The summed E-state index contributed by atoms with van der Waals surface area (Å²) in [6.45, 7) is 6.92. The molecule has 9 heteroatoms. The number of H-pyrrole nitrogens is 1. The molecule has 32 heavy (non-hydrogen) atoms. The second-order valence-corrected chi connectivity index (χ2v) is 8.43. The number of aromatic nitrogens is 3. The van der Waals surface area contributed by atoms with E-state index in [-0.39, 0.29) is 33.4 Å². The van der Waals surface area contributed by atoms with E-state index in [1.165, 1.54) is 18.7 Å². The molecule has 3 aromatic rings. The molecule has 0 spiro atoms. The van der Waals surface area contributed by atoms with Crippen molar-refractivity contribution in [3.63, 3.8) is 0 Å². The Hall–Kier alpha value is -3.20. The normalized spacial score (nSPS) is 10.9. The van der Waals surface area contributed by atoms with Gasteiger partial charge in [-0.2, -0.15) is 0 Å². The highest BCUT2D eigenvalue weighted by atomic mass is 32.2. The number of aryl methyl sites for hydroxylation is 2. The van der Waals surface area contributed by atoms with Gasteiger partial charge in [0.1, 0.15) is 0 Å². The van der Waals surface area contributed by atoms with E-state index in [0.29, 0.717) is 18.8 Å². The number of pyridine rings is 1. The monoisotopic (exact) mass is 454 g/mol. The summed E-state index contributed by atoms with van der Waals surface area (Å²) >= 11 is 1.14. The van der Waals surface area contributed by atoms with Gasteiger partial charge in [0, 0.05) is 18.8 Å². The fourth-order valence-electron chi connectivity index (χ4n) is 3.28. The first-order chi connectivity index (χ1) is 15.3. The standard InChI is InChI=1S/C23H26N4O4S/c1-5-10-27(12-16-8-6-14(2)7-9-16)18(28)13-32-23-25-20-19(21(29)26-23)17(22(30)31-4)11-15(3)24-20/h6-9,11H,5,10,12-13H2,1-4H3,(H,24,25,26,29). The van der Waals surface area contributed by atoms with Crippen LogP contribution in [0.2, 0.25) is 0 Å². The Morgan fingerprint density at radius 1 is 1.16 bits per heavy atom. The number of nitrogens with zero attached hydrogens (tertiary/aromatic N) is 3. The number of aromatic amines is 1. The summed E-state index contributed by atoms with van der Waals surface area (Å²) in [4.78, 5) is 50.7. The lowest BCUT2D eigenvalue weighted by molar-refractivity contribution is -0.129.